The van der Waals surface area contributed by atoms with Gasteiger partial charge in [0.05, 0.1) is 12.7 Å². The van der Waals surface area contributed by atoms with Gasteiger partial charge in [-0.1, -0.05) is 15.9 Å². The maximum atomic E-state index is 13.4. The van der Waals surface area contributed by atoms with Crippen molar-refractivity contribution >= 4 is 15.9 Å². The molecule has 0 radical (unpaired) electrons. The Balaban J connectivity index is 1.79. The maximum absolute atomic E-state index is 13.4. The Kier molecular flexibility index (Phi) is 4.95. The monoisotopic (exact) mass is 320 g/mol. The van der Waals surface area contributed by atoms with Crippen LogP contribution in [-0.4, -0.2) is 19.3 Å². The van der Waals surface area contributed by atoms with Crippen LogP contribution in [0.15, 0.2) is 16.6 Å². The zero-order valence-corrected chi connectivity index (χ0v) is 11.5. The molecule has 1 aromatic rings. The highest BCUT2D eigenvalue weighted by atomic mass is 79.9. The van der Waals surface area contributed by atoms with Gasteiger partial charge in [0.15, 0.2) is 11.6 Å². The minimum Gasteiger partial charge on any atom is -0.490 e. The maximum Gasteiger partial charge on any atom is 0.200 e. The van der Waals surface area contributed by atoms with Gasteiger partial charge in [0.25, 0.3) is 0 Å². The van der Waals surface area contributed by atoms with Gasteiger partial charge >= 0.3 is 0 Å². The van der Waals surface area contributed by atoms with Crippen molar-refractivity contribution in [3.8, 4) is 5.75 Å². The Morgan fingerprint density at radius 1 is 1.39 bits per heavy atom. The third kappa shape index (κ3) is 3.65. The normalized spacial score (nSPS) is 19.2. The topological polar surface area (TPSA) is 18.5 Å². The summed E-state index contributed by atoms with van der Waals surface area (Å²) in [4.78, 5) is 0. The summed E-state index contributed by atoms with van der Waals surface area (Å²) < 4.78 is 37.7. The van der Waals surface area contributed by atoms with E-state index in [1.807, 2.05) is 0 Å². The summed E-state index contributed by atoms with van der Waals surface area (Å²) in [7, 11) is 0. The average molecular weight is 321 g/mol. The molecule has 0 amide bonds. The van der Waals surface area contributed by atoms with E-state index in [4.69, 9.17) is 9.47 Å². The molecule has 0 aliphatic carbocycles. The molecule has 18 heavy (non-hydrogen) atoms. The summed E-state index contributed by atoms with van der Waals surface area (Å²) >= 11 is 3.10. The lowest BCUT2D eigenvalue weighted by Crippen LogP contribution is -2.08. The second-order valence-corrected chi connectivity index (χ2v) is 5.24. The van der Waals surface area contributed by atoms with Crippen molar-refractivity contribution in [2.75, 3.05) is 13.2 Å². The van der Waals surface area contributed by atoms with Crippen LogP contribution in [0.5, 0.6) is 5.75 Å². The number of benzene rings is 1. The van der Waals surface area contributed by atoms with Crippen molar-refractivity contribution < 1.29 is 18.3 Å². The summed E-state index contributed by atoms with van der Waals surface area (Å²) in [5, 5.41) is 0. The molecule has 5 heteroatoms. The second-order valence-electron chi connectivity index (χ2n) is 4.33. The van der Waals surface area contributed by atoms with Crippen LogP contribution in [0.25, 0.3) is 0 Å². The molecule has 1 unspecified atom stereocenters. The quantitative estimate of drug-likeness (QED) is 0.601. The molecule has 0 saturated carbocycles. The van der Waals surface area contributed by atoms with Crippen LogP contribution in [-0.2, 0) is 4.74 Å². The molecule has 1 fully saturated rings. The Labute approximate surface area is 113 Å². The van der Waals surface area contributed by atoms with Gasteiger partial charge in [-0.05, 0) is 37.8 Å². The Morgan fingerprint density at radius 3 is 2.94 bits per heavy atom. The first-order valence-electron chi connectivity index (χ1n) is 6.06. The number of hydrogen-bond acceptors (Lipinski definition) is 2. The molecule has 0 N–H and O–H groups in total. The summed E-state index contributed by atoms with van der Waals surface area (Å²) in [5.74, 6) is -1.89. The molecule has 1 heterocycles. The highest BCUT2D eigenvalue weighted by Gasteiger charge is 2.15. The van der Waals surface area contributed by atoms with E-state index in [0.29, 0.717) is 17.2 Å². The van der Waals surface area contributed by atoms with Crippen LogP contribution >= 0.6 is 15.9 Å². The SMILES string of the molecule is Fc1cc(Br)cc(OCCCC2CCCO2)c1F. The molecule has 100 valence electrons. The standard InChI is InChI=1S/C13H15BrF2O2/c14-9-7-11(15)13(16)12(8-9)18-6-2-4-10-3-1-5-17-10/h7-8,10H,1-6H2. The van der Waals surface area contributed by atoms with Crippen molar-refractivity contribution in [1.82, 2.24) is 0 Å². The van der Waals surface area contributed by atoms with Crippen LogP contribution in [0.3, 0.4) is 0 Å². The smallest absolute Gasteiger partial charge is 0.200 e. The minimum absolute atomic E-state index is 0.0470. The molecular formula is C13H15BrF2O2. The van der Waals surface area contributed by atoms with Gasteiger partial charge in [0, 0.05) is 11.1 Å². The molecule has 1 aliphatic rings. The zero-order chi connectivity index (χ0) is 13.0. The number of ether oxygens (including phenoxy) is 2. The number of hydrogen-bond donors (Lipinski definition) is 0. The van der Waals surface area contributed by atoms with E-state index in [1.54, 1.807) is 0 Å². The second kappa shape index (κ2) is 6.48. The van der Waals surface area contributed by atoms with Gasteiger partial charge in [-0.3, -0.25) is 0 Å². The Bertz CT molecular complexity index is 406. The predicted octanol–water partition coefficient (Wildman–Crippen LogP) is 4.07. The molecule has 0 bridgehead atoms. The molecule has 0 spiro atoms. The van der Waals surface area contributed by atoms with Gasteiger partial charge in [-0.2, -0.15) is 4.39 Å². The van der Waals surface area contributed by atoms with E-state index in [-0.39, 0.29) is 5.75 Å². The van der Waals surface area contributed by atoms with Crippen LogP contribution in [0.4, 0.5) is 8.78 Å². The van der Waals surface area contributed by atoms with Gasteiger partial charge in [-0.15, -0.1) is 0 Å². The fraction of sp³-hybridized carbons (Fsp3) is 0.538. The first-order valence-corrected chi connectivity index (χ1v) is 6.85. The molecule has 0 aromatic heterocycles. The molecule has 1 atom stereocenters. The summed E-state index contributed by atoms with van der Waals surface area (Å²) in [6, 6.07) is 2.51. The van der Waals surface area contributed by atoms with E-state index in [1.165, 1.54) is 6.07 Å². The van der Waals surface area contributed by atoms with Crippen LogP contribution in [0.2, 0.25) is 0 Å². The zero-order valence-electron chi connectivity index (χ0n) is 9.93. The lowest BCUT2D eigenvalue weighted by atomic mass is 10.1. The Hall–Kier alpha value is -0.680. The highest BCUT2D eigenvalue weighted by molar-refractivity contribution is 9.10. The predicted molar refractivity (Wildman–Crippen MR) is 67.8 cm³/mol. The van der Waals surface area contributed by atoms with Crippen LogP contribution < -0.4 is 4.74 Å². The highest BCUT2D eigenvalue weighted by Crippen LogP contribution is 2.25. The van der Waals surface area contributed by atoms with E-state index >= 15 is 0 Å². The summed E-state index contributed by atoms with van der Waals surface area (Å²) in [6.07, 6.45) is 4.17. The van der Waals surface area contributed by atoms with Crippen molar-refractivity contribution in [1.29, 1.82) is 0 Å². The molecule has 1 aliphatic heterocycles. The van der Waals surface area contributed by atoms with E-state index in [0.717, 1.165) is 38.4 Å². The third-order valence-corrected chi connectivity index (χ3v) is 3.37. The van der Waals surface area contributed by atoms with Gasteiger partial charge in [0.2, 0.25) is 5.82 Å². The summed E-state index contributed by atoms with van der Waals surface area (Å²) in [5.41, 5.74) is 0. The number of halogens is 3. The van der Waals surface area contributed by atoms with E-state index in [9.17, 15) is 8.78 Å². The van der Waals surface area contributed by atoms with Crippen molar-refractivity contribution in [3.63, 3.8) is 0 Å². The van der Waals surface area contributed by atoms with Crippen LogP contribution in [0, 0.1) is 11.6 Å². The first kappa shape index (κ1) is 13.7. The molecule has 2 rings (SSSR count). The van der Waals surface area contributed by atoms with Gasteiger partial charge in [0.1, 0.15) is 0 Å². The molecule has 1 aromatic carbocycles. The molecule has 1 saturated heterocycles. The Morgan fingerprint density at radius 2 is 2.22 bits per heavy atom. The first-order chi connectivity index (χ1) is 8.66. The fourth-order valence-corrected chi connectivity index (χ4v) is 2.41. The van der Waals surface area contributed by atoms with Crippen LogP contribution in [0.1, 0.15) is 25.7 Å². The van der Waals surface area contributed by atoms with Gasteiger partial charge < -0.3 is 9.47 Å². The number of rotatable bonds is 5. The largest absolute Gasteiger partial charge is 0.490 e. The lowest BCUT2D eigenvalue weighted by molar-refractivity contribution is 0.0979. The van der Waals surface area contributed by atoms with Gasteiger partial charge in [-0.25, -0.2) is 4.39 Å². The molecule has 2 nitrogen and oxygen atoms in total. The van der Waals surface area contributed by atoms with Crippen molar-refractivity contribution in [2.24, 2.45) is 0 Å². The summed E-state index contributed by atoms with van der Waals surface area (Å²) in [6.45, 7) is 1.20. The molecular weight excluding hydrogens is 306 g/mol. The van der Waals surface area contributed by atoms with Crippen molar-refractivity contribution in [3.05, 3.63) is 28.2 Å². The fourth-order valence-electron chi connectivity index (χ4n) is 2.00. The third-order valence-electron chi connectivity index (χ3n) is 2.91. The van der Waals surface area contributed by atoms with Crippen molar-refractivity contribution in [2.45, 2.75) is 31.8 Å². The lowest BCUT2D eigenvalue weighted by Gasteiger charge is -2.11. The average Bonchev–Trinajstić information content (AvgIpc) is 2.83. The minimum atomic E-state index is -0.935. The van der Waals surface area contributed by atoms with E-state index in [2.05, 4.69) is 15.9 Å². The van der Waals surface area contributed by atoms with E-state index < -0.39 is 11.6 Å².